The number of hydrogen-bond acceptors (Lipinski definition) is 2. The van der Waals surface area contributed by atoms with Crippen LogP contribution in [0.1, 0.15) is 6.92 Å². The molecule has 1 aliphatic heterocycles. The molecule has 0 aromatic rings. The Balaban J connectivity index is 2.54. The first-order valence-corrected chi connectivity index (χ1v) is 2.32. The molecule has 1 N–H and O–H groups in total. The molecule has 0 aliphatic carbocycles. The van der Waals surface area contributed by atoms with Gasteiger partial charge in [0.2, 0.25) is 12.5 Å². The summed E-state index contributed by atoms with van der Waals surface area (Å²) in [6.45, 7) is 1.78. The van der Waals surface area contributed by atoms with E-state index in [0.29, 0.717) is 0 Å². The Morgan fingerprint density at radius 3 is 3.12 bits per heavy atom. The highest BCUT2D eigenvalue weighted by atomic mass is 16.2. The molecule has 2 radical (unpaired) electrons. The van der Waals surface area contributed by atoms with Gasteiger partial charge in [-0.1, -0.05) is 5.32 Å². The maximum atomic E-state index is 10.3. The molecule has 1 heterocycles. The zero-order valence-electron chi connectivity index (χ0n) is 4.46. The second-order valence-corrected chi connectivity index (χ2v) is 1.51. The fourth-order valence-electron chi connectivity index (χ4n) is 0.437. The van der Waals surface area contributed by atoms with E-state index in [0.717, 1.165) is 0 Å². The van der Waals surface area contributed by atoms with Crippen molar-refractivity contribution in [2.45, 2.75) is 13.1 Å². The smallest absolute Gasteiger partial charge is 0.274 e. The first-order valence-electron chi connectivity index (χ1n) is 2.32. The number of hydrogen-bond donors (Lipinski definition) is 1. The van der Waals surface area contributed by atoms with Crippen LogP contribution in [0.2, 0.25) is 0 Å². The number of amides is 2. The number of carbonyl (C=O) groups excluding carboxylic acids is 1. The van der Waals surface area contributed by atoms with Gasteiger partial charge in [0.05, 0.1) is 0 Å². The molecule has 42 valence electrons. The molecule has 4 heteroatoms. The predicted molar refractivity (Wildman–Crippen MR) is 28.3 cm³/mol. The Bertz CT molecular complexity index is 131. The lowest BCUT2D eigenvalue weighted by atomic mass is 10.5. The third-order valence-electron chi connectivity index (χ3n) is 0.795. The number of rotatable bonds is 0. The van der Waals surface area contributed by atoms with Crippen molar-refractivity contribution in [1.82, 2.24) is 15.6 Å². The monoisotopic (exact) mass is 112 g/mol. The topological polar surface area (TPSA) is 57.3 Å². The zero-order valence-corrected chi connectivity index (χ0v) is 4.46. The summed E-state index contributed by atoms with van der Waals surface area (Å²) in [4.78, 5) is 13.6. The van der Waals surface area contributed by atoms with Crippen LogP contribution in [-0.4, -0.2) is 18.5 Å². The summed E-state index contributed by atoms with van der Waals surface area (Å²) in [7, 11) is 0. The van der Waals surface area contributed by atoms with E-state index in [1.165, 1.54) is 6.34 Å². The van der Waals surface area contributed by atoms with Crippen molar-refractivity contribution in [3.05, 3.63) is 0 Å². The van der Waals surface area contributed by atoms with E-state index < -0.39 is 6.03 Å². The molecule has 0 bridgehead atoms. The molecule has 1 atom stereocenters. The van der Waals surface area contributed by atoms with E-state index >= 15 is 0 Å². The molecule has 0 saturated heterocycles. The number of nitrogens with zero attached hydrogens (tertiary/aromatic N) is 2. The van der Waals surface area contributed by atoms with Crippen molar-refractivity contribution in [2.75, 3.05) is 0 Å². The lowest BCUT2D eigenvalue weighted by Gasteiger charge is -2.00. The third-order valence-corrected chi connectivity index (χ3v) is 0.795. The van der Waals surface area contributed by atoms with E-state index in [2.05, 4.69) is 15.6 Å². The molecule has 1 rings (SSSR count). The van der Waals surface area contributed by atoms with Crippen molar-refractivity contribution in [1.29, 1.82) is 0 Å². The Morgan fingerprint density at radius 2 is 2.75 bits per heavy atom. The minimum atomic E-state index is -0.406. The summed E-state index contributed by atoms with van der Waals surface area (Å²) in [5.41, 5.74) is 0. The van der Waals surface area contributed by atoms with Gasteiger partial charge >= 0.3 is 6.03 Å². The molecular weight excluding hydrogens is 106 g/mol. The molecule has 0 saturated carbocycles. The van der Waals surface area contributed by atoms with E-state index in [1.54, 1.807) is 6.92 Å². The molecule has 2 amide bonds. The average Bonchev–Trinajstić information content (AvgIpc) is 1.64. The van der Waals surface area contributed by atoms with Crippen LogP contribution < -0.4 is 15.6 Å². The third kappa shape index (κ3) is 0.959. The van der Waals surface area contributed by atoms with Crippen molar-refractivity contribution in [3.8, 4) is 0 Å². The highest BCUT2D eigenvalue weighted by molar-refractivity contribution is 5.82. The number of aliphatic imine (C=N–C) groups is 1. The van der Waals surface area contributed by atoms with Crippen molar-refractivity contribution < 1.29 is 4.79 Å². The molecule has 0 aromatic heterocycles. The molecule has 8 heavy (non-hydrogen) atoms. The summed E-state index contributed by atoms with van der Waals surface area (Å²) in [5.74, 6) is 0. The standard InChI is InChI=1S/C4H6N3O/c1-3-5-2-6-4(8)7-3/h2-3,5H,1H3/q+1. The number of nitrogens with one attached hydrogen (secondary N) is 1. The molecule has 4 nitrogen and oxygen atoms in total. The zero-order chi connectivity index (χ0) is 5.98. The average molecular weight is 112 g/mol. The van der Waals surface area contributed by atoms with Crippen molar-refractivity contribution in [2.24, 2.45) is 0 Å². The maximum absolute atomic E-state index is 10.3. The first kappa shape index (κ1) is 5.08. The Hall–Kier alpha value is -1.06. The lowest BCUT2D eigenvalue weighted by molar-refractivity contribution is 0.239. The quantitative estimate of drug-likeness (QED) is 0.438. The first-order chi connectivity index (χ1) is 3.79. The lowest BCUT2D eigenvalue weighted by Crippen LogP contribution is -2.44. The summed E-state index contributed by atoms with van der Waals surface area (Å²) in [6.07, 6.45) is 1.25. The second-order valence-electron chi connectivity index (χ2n) is 1.51. The van der Waals surface area contributed by atoms with Gasteiger partial charge in [-0.25, -0.2) is 4.79 Å². The maximum Gasteiger partial charge on any atom is 0.508 e. The van der Waals surface area contributed by atoms with Crippen LogP contribution in [-0.2, 0) is 0 Å². The predicted octanol–water partition coefficient (Wildman–Crippen LogP) is -0.976. The molecule has 0 fully saturated rings. The SMILES string of the molecule is CC1[N]C(=O)[N+]=CN1. The van der Waals surface area contributed by atoms with Crippen LogP contribution in [0.25, 0.3) is 0 Å². The van der Waals surface area contributed by atoms with Crippen LogP contribution >= 0.6 is 0 Å². The fraction of sp³-hybridized carbons (Fsp3) is 0.500. The second kappa shape index (κ2) is 1.81. The van der Waals surface area contributed by atoms with Crippen LogP contribution in [0, 0.1) is 0 Å². The highest BCUT2D eigenvalue weighted by Gasteiger charge is 2.20. The van der Waals surface area contributed by atoms with E-state index in [1.807, 2.05) is 0 Å². The van der Waals surface area contributed by atoms with E-state index in [4.69, 9.17) is 0 Å². The van der Waals surface area contributed by atoms with Gasteiger partial charge in [0.1, 0.15) is 0 Å². The largest absolute Gasteiger partial charge is 0.508 e. The van der Waals surface area contributed by atoms with Crippen LogP contribution in [0.5, 0.6) is 0 Å². The summed E-state index contributed by atoms with van der Waals surface area (Å²) in [5, 5.41) is 6.27. The van der Waals surface area contributed by atoms with Crippen molar-refractivity contribution in [3.63, 3.8) is 0 Å². The summed E-state index contributed by atoms with van der Waals surface area (Å²) >= 11 is 0. The van der Waals surface area contributed by atoms with Crippen LogP contribution in [0.4, 0.5) is 4.79 Å². The van der Waals surface area contributed by atoms with Gasteiger partial charge in [-0.3, -0.25) is 5.32 Å². The van der Waals surface area contributed by atoms with Gasteiger partial charge in [-0.15, -0.1) is 0 Å². The molecule has 0 aromatic carbocycles. The van der Waals surface area contributed by atoms with Crippen molar-refractivity contribution >= 4 is 12.4 Å². The Labute approximate surface area is 47.0 Å². The number of carbonyl (C=O) groups is 1. The van der Waals surface area contributed by atoms with Gasteiger partial charge < -0.3 is 0 Å². The molecule has 1 aliphatic rings. The number of urea groups is 1. The molecule has 1 unspecified atom stereocenters. The summed E-state index contributed by atoms with van der Waals surface area (Å²) < 4.78 is 0. The van der Waals surface area contributed by atoms with Gasteiger partial charge in [0.15, 0.2) is 0 Å². The highest BCUT2D eigenvalue weighted by Crippen LogP contribution is 1.78. The fourth-order valence-corrected chi connectivity index (χ4v) is 0.437. The van der Waals surface area contributed by atoms with Gasteiger partial charge in [0.25, 0.3) is 0 Å². The summed E-state index contributed by atoms with van der Waals surface area (Å²) in [6, 6.07) is -0.406. The Kier molecular flexibility index (Phi) is 1.15. The van der Waals surface area contributed by atoms with Gasteiger partial charge in [0, 0.05) is 6.92 Å². The van der Waals surface area contributed by atoms with Crippen LogP contribution in [0.15, 0.2) is 0 Å². The van der Waals surface area contributed by atoms with E-state index in [-0.39, 0.29) is 6.17 Å². The van der Waals surface area contributed by atoms with E-state index in [9.17, 15) is 4.79 Å². The molecule has 0 spiro atoms. The van der Waals surface area contributed by atoms with Crippen LogP contribution in [0.3, 0.4) is 0 Å². The normalized spacial score (nSPS) is 26.6. The molecular formula is C4H6N3O+. The van der Waals surface area contributed by atoms with Gasteiger partial charge in [-0.05, 0) is 4.99 Å². The Morgan fingerprint density at radius 1 is 2.00 bits per heavy atom. The minimum Gasteiger partial charge on any atom is -0.274 e. The van der Waals surface area contributed by atoms with Gasteiger partial charge in [-0.2, -0.15) is 0 Å². The minimum absolute atomic E-state index is 0.111.